The highest BCUT2D eigenvalue weighted by Crippen LogP contribution is 2.33. The second-order valence-corrected chi connectivity index (χ2v) is 4.18. The van der Waals surface area contributed by atoms with Crippen LogP contribution in [0.25, 0.3) is 0 Å². The molecule has 1 heterocycles. The molecule has 3 nitrogen and oxygen atoms in total. The molecule has 1 aliphatic rings. The minimum absolute atomic E-state index is 0.696. The van der Waals surface area contributed by atoms with Crippen molar-refractivity contribution in [3.05, 3.63) is 11.4 Å². The van der Waals surface area contributed by atoms with Crippen molar-refractivity contribution in [2.24, 2.45) is 0 Å². The van der Waals surface area contributed by atoms with Gasteiger partial charge in [-0.2, -0.15) is 0 Å². The molecule has 0 atom stereocenters. The van der Waals surface area contributed by atoms with Crippen LogP contribution < -0.4 is 5.32 Å². The maximum atomic E-state index is 4.59. The van der Waals surface area contributed by atoms with Crippen LogP contribution in [0.2, 0.25) is 0 Å². The van der Waals surface area contributed by atoms with Crippen LogP contribution >= 0.6 is 0 Å². The number of aryl methyl sites for hydroxylation is 1. The Kier molecular flexibility index (Phi) is 2.75. The molecule has 0 saturated heterocycles. The summed E-state index contributed by atoms with van der Waals surface area (Å²) < 4.78 is 0. The van der Waals surface area contributed by atoms with Gasteiger partial charge in [-0.3, -0.25) is 0 Å². The molecule has 0 spiro atoms. The lowest BCUT2D eigenvalue weighted by Gasteiger charge is -2.20. The third-order valence-electron chi connectivity index (χ3n) is 3.15. The summed E-state index contributed by atoms with van der Waals surface area (Å²) in [6.45, 7) is 2.12. The van der Waals surface area contributed by atoms with Crippen LogP contribution in [0.4, 0.5) is 5.95 Å². The second kappa shape index (κ2) is 4.03. The Balaban J connectivity index is 2.17. The molecule has 1 aromatic heterocycles. The molecule has 1 aliphatic carbocycles. The van der Waals surface area contributed by atoms with Gasteiger partial charge in [0.1, 0.15) is 0 Å². The Hall–Kier alpha value is -0.990. The van der Waals surface area contributed by atoms with Crippen molar-refractivity contribution in [3.8, 4) is 0 Å². The van der Waals surface area contributed by atoms with Crippen LogP contribution in [0, 0.1) is 6.92 Å². The molecule has 0 bridgehead atoms. The zero-order chi connectivity index (χ0) is 9.97. The van der Waals surface area contributed by atoms with Crippen LogP contribution in [0.15, 0.2) is 0 Å². The fraction of sp³-hybridized carbons (Fsp3) is 0.727. The Bertz CT molecular complexity index is 297. The van der Waals surface area contributed by atoms with Crippen molar-refractivity contribution in [3.63, 3.8) is 0 Å². The number of hydrogen-bond donors (Lipinski definition) is 2. The van der Waals surface area contributed by atoms with Gasteiger partial charge in [0.15, 0.2) is 5.95 Å². The van der Waals surface area contributed by atoms with Gasteiger partial charge < -0.3 is 10.3 Å². The van der Waals surface area contributed by atoms with Crippen LogP contribution in [0.1, 0.15) is 49.4 Å². The summed E-state index contributed by atoms with van der Waals surface area (Å²) >= 11 is 0. The van der Waals surface area contributed by atoms with E-state index in [-0.39, 0.29) is 0 Å². The second-order valence-electron chi connectivity index (χ2n) is 4.18. The summed E-state index contributed by atoms with van der Waals surface area (Å²) in [6, 6.07) is 0. The van der Waals surface area contributed by atoms with E-state index in [2.05, 4.69) is 22.2 Å². The highest BCUT2D eigenvalue weighted by Gasteiger charge is 2.20. The molecule has 0 amide bonds. The molecule has 0 aromatic carbocycles. The molecule has 1 fully saturated rings. The first-order valence-electron chi connectivity index (χ1n) is 5.55. The third-order valence-corrected chi connectivity index (χ3v) is 3.15. The van der Waals surface area contributed by atoms with Gasteiger partial charge in [0.05, 0.1) is 5.69 Å². The topological polar surface area (TPSA) is 40.7 Å². The average molecular weight is 193 g/mol. The van der Waals surface area contributed by atoms with Gasteiger partial charge in [-0.25, -0.2) is 4.98 Å². The summed E-state index contributed by atoms with van der Waals surface area (Å²) in [7, 11) is 1.91. The molecule has 1 aromatic rings. The van der Waals surface area contributed by atoms with E-state index in [1.165, 1.54) is 43.5 Å². The number of aromatic amines is 1. The van der Waals surface area contributed by atoms with E-state index >= 15 is 0 Å². The average Bonchev–Trinajstić information content (AvgIpc) is 2.61. The van der Waals surface area contributed by atoms with Gasteiger partial charge >= 0.3 is 0 Å². The zero-order valence-electron chi connectivity index (χ0n) is 9.06. The van der Waals surface area contributed by atoms with Crippen LogP contribution in [-0.2, 0) is 0 Å². The molecular formula is C11H19N3. The molecule has 2 rings (SSSR count). The molecule has 0 aliphatic heterocycles. The van der Waals surface area contributed by atoms with Crippen LogP contribution in [-0.4, -0.2) is 17.0 Å². The molecule has 14 heavy (non-hydrogen) atoms. The molecule has 0 unspecified atom stereocenters. The van der Waals surface area contributed by atoms with Gasteiger partial charge in [0, 0.05) is 18.7 Å². The first kappa shape index (κ1) is 9.56. The Morgan fingerprint density at radius 3 is 2.57 bits per heavy atom. The first-order valence-corrected chi connectivity index (χ1v) is 5.55. The summed E-state index contributed by atoms with van der Waals surface area (Å²) in [4.78, 5) is 7.85. The lowest BCUT2D eigenvalue weighted by molar-refractivity contribution is 0.436. The summed E-state index contributed by atoms with van der Waals surface area (Å²) in [5.41, 5.74) is 2.52. The highest BCUT2D eigenvalue weighted by atomic mass is 15.1. The van der Waals surface area contributed by atoms with Crippen molar-refractivity contribution < 1.29 is 0 Å². The number of nitrogens with one attached hydrogen (secondary N) is 2. The maximum absolute atomic E-state index is 4.59. The lowest BCUT2D eigenvalue weighted by atomic mass is 9.86. The minimum Gasteiger partial charge on any atom is -0.359 e. The van der Waals surface area contributed by atoms with Crippen molar-refractivity contribution in [1.82, 2.24) is 9.97 Å². The fourth-order valence-electron chi connectivity index (χ4n) is 2.37. The normalized spacial score (nSPS) is 18.4. The van der Waals surface area contributed by atoms with Crippen molar-refractivity contribution in [2.45, 2.75) is 44.9 Å². The van der Waals surface area contributed by atoms with Crippen LogP contribution in [0.5, 0.6) is 0 Å². The quantitative estimate of drug-likeness (QED) is 0.758. The predicted molar refractivity (Wildman–Crippen MR) is 58.7 cm³/mol. The highest BCUT2D eigenvalue weighted by molar-refractivity contribution is 5.31. The third kappa shape index (κ3) is 1.76. The molecule has 0 radical (unpaired) electrons. The van der Waals surface area contributed by atoms with E-state index in [4.69, 9.17) is 0 Å². The maximum Gasteiger partial charge on any atom is 0.200 e. The molecular weight excluding hydrogens is 174 g/mol. The summed E-state index contributed by atoms with van der Waals surface area (Å²) in [6.07, 6.45) is 6.76. The molecule has 78 valence electrons. The number of imidazole rings is 1. The van der Waals surface area contributed by atoms with Gasteiger partial charge in [-0.05, 0) is 19.8 Å². The number of nitrogens with zero attached hydrogens (tertiary/aromatic N) is 1. The Morgan fingerprint density at radius 1 is 1.29 bits per heavy atom. The number of hydrogen-bond acceptors (Lipinski definition) is 2. The predicted octanol–water partition coefficient (Wildman–Crippen LogP) is 2.81. The summed E-state index contributed by atoms with van der Waals surface area (Å²) in [5.74, 6) is 1.60. The van der Waals surface area contributed by atoms with Crippen molar-refractivity contribution >= 4 is 5.95 Å². The summed E-state index contributed by atoms with van der Waals surface area (Å²) in [5, 5.41) is 3.06. The lowest BCUT2D eigenvalue weighted by Crippen LogP contribution is -2.06. The standard InChI is InChI=1S/C11H19N3/c1-8-10(14-11(12-2)13-8)9-6-4-3-5-7-9/h9H,3-7H2,1-2H3,(H2,12,13,14). The van der Waals surface area contributed by atoms with E-state index in [9.17, 15) is 0 Å². The molecule has 2 N–H and O–H groups in total. The number of anilines is 1. The van der Waals surface area contributed by atoms with Crippen molar-refractivity contribution in [1.29, 1.82) is 0 Å². The van der Waals surface area contributed by atoms with E-state index in [0.717, 1.165) is 5.95 Å². The van der Waals surface area contributed by atoms with E-state index in [1.807, 2.05) is 7.05 Å². The monoisotopic (exact) mass is 193 g/mol. The van der Waals surface area contributed by atoms with Gasteiger partial charge in [0.25, 0.3) is 0 Å². The smallest absolute Gasteiger partial charge is 0.200 e. The zero-order valence-corrected chi connectivity index (χ0v) is 9.06. The SMILES string of the molecule is CNc1nc(C2CCCCC2)c(C)[nH]1. The van der Waals surface area contributed by atoms with Gasteiger partial charge in [-0.1, -0.05) is 19.3 Å². The Morgan fingerprint density at radius 2 is 2.00 bits per heavy atom. The largest absolute Gasteiger partial charge is 0.359 e. The van der Waals surface area contributed by atoms with Gasteiger partial charge in [0.2, 0.25) is 0 Å². The molecule has 3 heteroatoms. The van der Waals surface area contributed by atoms with Crippen molar-refractivity contribution in [2.75, 3.05) is 12.4 Å². The van der Waals surface area contributed by atoms with E-state index in [1.54, 1.807) is 0 Å². The minimum atomic E-state index is 0.696. The molecule has 1 saturated carbocycles. The van der Waals surface area contributed by atoms with Crippen LogP contribution in [0.3, 0.4) is 0 Å². The Labute approximate surface area is 85.3 Å². The number of H-pyrrole nitrogens is 1. The fourth-order valence-corrected chi connectivity index (χ4v) is 2.37. The number of aromatic nitrogens is 2. The first-order chi connectivity index (χ1) is 6.81. The van der Waals surface area contributed by atoms with E-state index in [0.29, 0.717) is 5.92 Å². The van der Waals surface area contributed by atoms with E-state index < -0.39 is 0 Å². The van der Waals surface area contributed by atoms with Gasteiger partial charge in [-0.15, -0.1) is 0 Å². The number of rotatable bonds is 2.